The molecule has 3 N–H and O–H groups in total. The van der Waals surface area contributed by atoms with Gasteiger partial charge in [0.25, 0.3) is 5.91 Å². The maximum atomic E-state index is 12.7. The number of amides is 4. The molecule has 2 aromatic rings. The van der Waals surface area contributed by atoms with Crippen LogP contribution in [0.5, 0.6) is 5.75 Å². The van der Waals surface area contributed by atoms with Crippen LogP contribution in [0.25, 0.3) is 0 Å². The molecule has 0 aliphatic carbocycles. The predicted octanol–water partition coefficient (Wildman–Crippen LogP) is 3.08. The molecule has 0 spiro atoms. The fourth-order valence-corrected chi connectivity index (χ4v) is 3.35. The monoisotopic (exact) mass is 409 g/mol. The van der Waals surface area contributed by atoms with Crippen molar-refractivity contribution in [3.05, 3.63) is 59.7 Å². The first-order chi connectivity index (χ1) is 14.3. The lowest BCUT2D eigenvalue weighted by atomic mass is 10.0. The number of hydrogen-bond acceptors (Lipinski definition) is 4. The highest BCUT2D eigenvalue weighted by Crippen LogP contribution is 2.24. The van der Waals surface area contributed by atoms with Gasteiger partial charge in [-0.25, -0.2) is 9.69 Å². The number of imide groups is 1. The van der Waals surface area contributed by atoms with E-state index in [9.17, 15) is 19.5 Å². The van der Waals surface area contributed by atoms with Crippen molar-refractivity contribution < 1.29 is 19.5 Å². The largest absolute Gasteiger partial charge is 0.508 e. The van der Waals surface area contributed by atoms with Crippen molar-refractivity contribution in [1.29, 1.82) is 0 Å². The number of urea groups is 1. The Morgan fingerprint density at radius 3 is 2.40 bits per heavy atom. The highest BCUT2D eigenvalue weighted by molar-refractivity contribution is 6.21. The number of aromatic hydroxyl groups is 1. The van der Waals surface area contributed by atoms with Crippen LogP contribution in [0, 0.1) is 0 Å². The fraction of sp³-hybridized carbons (Fsp3) is 0.348. The molecule has 0 aromatic heterocycles. The summed E-state index contributed by atoms with van der Waals surface area (Å²) in [5.41, 5.74) is 2.67. The molecule has 158 valence electrons. The van der Waals surface area contributed by atoms with E-state index in [-0.39, 0.29) is 30.4 Å². The molecular weight excluding hydrogens is 382 g/mol. The lowest BCUT2D eigenvalue weighted by Crippen LogP contribution is -2.33. The second-order valence-electron chi connectivity index (χ2n) is 7.73. The number of carbonyl (C=O) groups excluding carboxylic acids is 3. The summed E-state index contributed by atoms with van der Waals surface area (Å²) in [6, 6.07) is 13.0. The average Bonchev–Trinajstić information content (AvgIpc) is 3.01. The standard InChI is InChI=1S/C23H27N3O4/c1-15(2)17-5-7-18(8-6-17)26-22(29)20(25-23(26)30)11-12-21(28)24-14-13-16-3-9-19(27)10-4-16/h3-10,15,20,27H,11-14H2,1-2H3,(H,24,28)(H,25,30)/t20-/m1/s1. The minimum Gasteiger partial charge on any atom is -0.508 e. The molecule has 7 nitrogen and oxygen atoms in total. The molecule has 1 saturated heterocycles. The Labute approximate surface area is 176 Å². The Kier molecular flexibility index (Phi) is 6.72. The molecule has 0 saturated carbocycles. The normalized spacial score (nSPS) is 16.1. The first kappa shape index (κ1) is 21.4. The van der Waals surface area contributed by atoms with Crippen LogP contribution in [-0.2, 0) is 16.0 Å². The Bertz CT molecular complexity index is 907. The highest BCUT2D eigenvalue weighted by atomic mass is 16.3. The average molecular weight is 409 g/mol. The summed E-state index contributed by atoms with van der Waals surface area (Å²) >= 11 is 0. The maximum absolute atomic E-state index is 12.7. The number of benzene rings is 2. The molecule has 1 atom stereocenters. The van der Waals surface area contributed by atoms with Gasteiger partial charge in [-0.2, -0.15) is 0 Å². The molecule has 2 aromatic carbocycles. The molecule has 4 amide bonds. The van der Waals surface area contributed by atoms with Gasteiger partial charge in [0.2, 0.25) is 5.91 Å². The molecule has 1 fully saturated rings. The van der Waals surface area contributed by atoms with Crippen molar-refractivity contribution in [2.24, 2.45) is 0 Å². The van der Waals surface area contributed by atoms with Crippen LogP contribution in [0.2, 0.25) is 0 Å². The molecule has 1 heterocycles. The number of nitrogens with one attached hydrogen (secondary N) is 2. The number of phenols is 1. The highest BCUT2D eigenvalue weighted by Gasteiger charge is 2.38. The van der Waals surface area contributed by atoms with Crippen molar-refractivity contribution in [2.45, 2.75) is 45.1 Å². The fourth-order valence-electron chi connectivity index (χ4n) is 3.35. The third-order valence-electron chi connectivity index (χ3n) is 5.17. The molecule has 0 unspecified atom stereocenters. The SMILES string of the molecule is CC(C)c1ccc(N2C(=O)N[C@H](CCC(=O)NCCc3ccc(O)cc3)C2=O)cc1. The Hall–Kier alpha value is -3.35. The summed E-state index contributed by atoms with van der Waals surface area (Å²) in [4.78, 5) is 38.2. The second kappa shape index (κ2) is 9.43. The van der Waals surface area contributed by atoms with E-state index in [0.29, 0.717) is 24.6 Å². The summed E-state index contributed by atoms with van der Waals surface area (Å²) in [5.74, 6) is 0.0585. The van der Waals surface area contributed by atoms with Gasteiger partial charge < -0.3 is 15.7 Å². The van der Waals surface area contributed by atoms with Gasteiger partial charge in [-0.3, -0.25) is 9.59 Å². The maximum Gasteiger partial charge on any atom is 0.329 e. The van der Waals surface area contributed by atoms with Gasteiger partial charge in [0, 0.05) is 13.0 Å². The molecule has 30 heavy (non-hydrogen) atoms. The van der Waals surface area contributed by atoms with Crippen molar-refractivity contribution in [3.8, 4) is 5.75 Å². The van der Waals surface area contributed by atoms with Crippen LogP contribution in [0.15, 0.2) is 48.5 Å². The van der Waals surface area contributed by atoms with Gasteiger partial charge in [0.15, 0.2) is 0 Å². The van der Waals surface area contributed by atoms with Crippen LogP contribution in [0.4, 0.5) is 10.5 Å². The third kappa shape index (κ3) is 5.17. The van der Waals surface area contributed by atoms with Crippen molar-refractivity contribution in [2.75, 3.05) is 11.4 Å². The Morgan fingerprint density at radius 2 is 1.77 bits per heavy atom. The number of hydrogen-bond donors (Lipinski definition) is 3. The summed E-state index contributed by atoms with van der Waals surface area (Å²) in [6.45, 7) is 4.62. The first-order valence-corrected chi connectivity index (χ1v) is 10.1. The van der Waals surface area contributed by atoms with E-state index >= 15 is 0 Å². The molecule has 1 aliphatic rings. The van der Waals surface area contributed by atoms with Crippen molar-refractivity contribution in [1.82, 2.24) is 10.6 Å². The predicted molar refractivity (Wildman–Crippen MR) is 114 cm³/mol. The molecular formula is C23H27N3O4. The van der Waals surface area contributed by atoms with E-state index in [1.807, 2.05) is 12.1 Å². The minimum absolute atomic E-state index is 0.145. The Balaban J connectivity index is 1.47. The molecule has 0 radical (unpaired) electrons. The quantitative estimate of drug-likeness (QED) is 0.584. The molecule has 3 rings (SSSR count). The minimum atomic E-state index is -0.704. The smallest absolute Gasteiger partial charge is 0.329 e. The van der Waals surface area contributed by atoms with Gasteiger partial charge in [-0.1, -0.05) is 38.1 Å². The second-order valence-corrected chi connectivity index (χ2v) is 7.73. The zero-order valence-electron chi connectivity index (χ0n) is 17.2. The van der Waals surface area contributed by atoms with E-state index < -0.39 is 12.1 Å². The third-order valence-corrected chi connectivity index (χ3v) is 5.17. The van der Waals surface area contributed by atoms with Gasteiger partial charge in [0.05, 0.1) is 5.69 Å². The number of phenolic OH excluding ortho intramolecular Hbond substituents is 1. The van der Waals surface area contributed by atoms with E-state index in [2.05, 4.69) is 24.5 Å². The summed E-state index contributed by atoms with van der Waals surface area (Å²) < 4.78 is 0. The van der Waals surface area contributed by atoms with Crippen molar-refractivity contribution in [3.63, 3.8) is 0 Å². The van der Waals surface area contributed by atoms with Crippen LogP contribution < -0.4 is 15.5 Å². The van der Waals surface area contributed by atoms with Gasteiger partial charge in [-0.15, -0.1) is 0 Å². The molecule has 0 bridgehead atoms. The van der Waals surface area contributed by atoms with Gasteiger partial charge in [0.1, 0.15) is 11.8 Å². The van der Waals surface area contributed by atoms with E-state index in [1.165, 1.54) is 0 Å². The van der Waals surface area contributed by atoms with Gasteiger partial charge in [-0.05, 0) is 54.2 Å². The van der Waals surface area contributed by atoms with Crippen LogP contribution in [0.3, 0.4) is 0 Å². The molecule has 7 heteroatoms. The summed E-state index contributed by atoms with van der Waals surface area (Å²) in [6.07, 6.45) is 1.04. The van der Waals surface area contributed by atoms with Crippen LogP contribution >= 0.6 is 0 Å². The van der Waals surface area contributed by atoms with E-state index in [1.54, 1.807) is 36.4 Å². The number of carbonyl (C=O) groups is 3. The lowest BCUT2D eigenvalue weighted by molar-refractivity contribution is -0.121. The number of anilines is 1. The number of nitrogens with zero attached hydrogens (tertiary/aromatic N) is 1. The molecule has 1 aliphatic heterocycles. The van der Waals surface area contributed by atoms with Crippen LogP contribution in [-0.4, -0.2) is 35.5 Å². The van der Waals surface area contributed by atoms with Gasteiger partial charge >= 0.3 is 6.03 Å². The van der Waals surface area contributed by atoms with E-state index in [0.717, 1.165) is 16.0 Å². The summed E-state index contributed by atoms with van der Waals surface area (Å²) in [7, 11) is 0. The van der Waals surface area contributed by atoms with Crippen LogP contribution in [0.1, 0.15) is 43.7 Å². The Morgan fingerprint density at radius 1 is 1.10 bits per heavy atom. The zero-order chi connectivity index (χ0) is 21.7. The topological polar surface area (TPSA) is 98.7 Å². The van der Waals surface area contributed by atoms with E-state index in [4.69, 9.17) is 0 Å². The number of rotatable bonds is 8. The zero-order valence-corrected chi connectivity index (χ0v) is 17.2. The lowest BCUT2D eigenvalue weighted by Gasteiger charge is -2.14. The first-order valence-electron chi connectivity index (χ1n) is 10.1. The van der Waals surface area contributed by atoms with Crippen molar-refractivity contribution >= 4 is 23.5 Å². The summed E-state index contributed by atoms with van der Waals surface area (Å²) in [5, 5.41) is 14.8.